The molecule has 0 atom stereocenters. The zero-order chi connectivity index (χ0) is 26.1. The Morgan fingerprint density at radius 3 is 1.85 bits per heavy atom. The molecule has 0 aromatic heterocycles. The molecule has 0 heterocycles. The molecule has 0 radical (unpaired) electrons. The third-order valence-corrected chi connectivity index (χ3v) is 9.11. The Balaban J connectivity index is 0.000000228. The Morgan fingerprint density at radius 1 is 0.718 bits per heavy atom. The van der Waals surface area contributed by atoms with E-state index in [0.29, 0.717) is 0 Å². The fourth-order valence-corrected chi connectivity index (χ4v) is 6.51. The van der Waals surface area contributed by atoms with E-state index in [9.17, 15) is 0 Å². The number of hydrogen-bond acceptors (Lipinski definition) is 0. The summed E-state index contributed by atoms with van der Waals surface area (Å²) in [5, 5.41) is 5.73. The summed E-state index contributed by atoms with van der Waals surface area (Å²) in [7, 11) is 0. The maximum atomic E-state index is 2.42. The number of allylic oxidation sites excluding steroid dienone is 4. The van der Waals surface area contributed by atoms with E-state index in [1.54, 1.807) is 0 Å². The first-order valence-corrected chi connectivity index (χ1v) is 14.2. The molecule has 0 aliphatic heterocycles. The number of hydrogen-bond donors (Lipinski definition) is 0. The van der Waals surface area contributed by atoms with Crippen molar-refractivity contribution in [1.29, 1.82) is 0 Å². The molecule has 196 valence electrons. The Labute approximate surface area is 260 Å². The molecular weight excluding hydrogens is 595 g/mol. The molecule has 5 aromatic rings. The van der Waals surface area contributed by atoms with Crippen LogP contribution >= 0.6 is 0 Å². The minimum atomic E-state index is 0. The van der Waals surface area contributed by atoms with Gasteiger partial charge in [-0.25, -0.2) is 0 Å². The van der Waals surface area contributed by atoms with Crippen LogP contribution in [0.2, 0.25) is 0 Å². The molecule has 0 fully saturated rings. The topological polar surface area (TPSA) is 0 Å². The molecule has 5 aromatic carbocycles. The van der Waals surface area contributed by atoms with Crippen molar-refractivity contribution in [2.24, 2.45) is 0 Å². The molecule has 0 spiro atoms. The normalized spacial score (nSPS) is 11.9. The van der Waals surface area contributed by atoms with Gasteiger partial charge in [0.15, 0.2) is 0 Å². The molecule has 0 unspecified atom stereocenters. The standard InChI is InChI=1S/C23H23.C13H10.2ClH.Zr/c1-13-10-14(2)21-19(11-13)12-20-22(18-8-6-7-9-18)16(4)15(3)17(5)23(20)21;1-3-7-12(8-4-1)11-13-9-5-2-6-10-13;;;/h6-8,10-12H,9H2,1-5H3;1-10H;2*1H;/q-1;;;;+2/p-2. The molecule has 0 saturated carbocycles. The summed E-state index contributed by atoms with van der Waals surface area (Å²) in [6.07, 6.45) is 7.78. The van der Waals surface area contributed by atoms with Gasteiger partial charge in [0.25, 0.3) is 0 Å². The molecule has 0 bridgehead atoms. The Kier molecular flexibility index (Phi) is 10.6. The van der Waals surface area contributed by atoms with Gasteiger partial charge in [-0.1, -0.05) is 63.2 Å². The molecule has 0 N–H and O–H groups in total. The second-order valence-electron chi connectivity index (χ2n) is 10.2. The van der Waals surface area contributed by atoms with E-state index in [1.165, 1.54) is 99.1 Å². The van der Waals surface area contributed by atoms with E-state index < -0.39 is 0 Å². The SMILES string of the molecule is Cc1cc(C)c2c(c1)[cH-]c1c(C3=CC=CC3)c(C)c(C)c(C)c12.[Cl-].[Cl-].[Zr+2]=[C](c1ccccc1)c1ccccc1. The van der Waals surface area contributed by atoms with Crippen molar-refractivity contribution >= 4 is 30.3 Å². The summed E-state index contributed by atoms with van der Waals surface area (Å²) in [5.74, 6) is 0. The van der Waals surface area contributed by atoms with Crippen molar-refractivity contribution < 1.29 is 49.0 Å². The average Bonchev–Trinajstić information content (AvgIpc) is 3.57. The third-order valence-electron chi connectivity index (χ3n) is 7.69. The van der Waals surface area contributed by atoms with E-state index in [-0.39, 0.29) is 24.8 Å². The molecular formula is C36H33Cl2Zr-. The molecule has 1 aliphatic carbocycles. The predicted octanol–water partition coefficient (Wildman–Crippen LogP) is 3.41. The maximum absolute atomic E-state index is 2.42. The first-order chi connectivity index (χ1) is 17.9. The number of rotatable bonds is 3. The monoisotopic (exact) mass is 625 g/mol. The van der Waals surface area contributed by atoms with Crippen molar-refractivity contribution in [2.75, 3.05) is 0 Å². The summed E-state index contributed by atoms with van der Waals surface area (Å²) in [4.78, 5) is 0. The van der Waals surface area contributed by atoms with Gasteiger partial charge in [-0.15, -0.1) is 33.7 Å². The first-order valence-electron chi connectivity index (χ1n) is 13.0. The van der Waals surface area contributed by atoms with Gasteiger partial charge in [0.1, 0.15) is 0 Å². The van der Waals surface area contributed by atoms with E-state index in [0.717, 1.165) is 6.42 Å². The van der Waals surface area contributed by atoms with Gasteiger partial charge >= 0.3 is 99.2 Å². The van der Waals surface area contributed by atoms with Gasteiger partial charge in [0.05, 0.1) is 0 Å². The van der Waals surface area contributed by atoms with Gasteiger partial charge < -0.3 is 24.8 Å². The third kappa shape index (κ3) is 6.17. The van der Waals surface area contributed by atoms with Crippen molar-refractivity contribution in [3.05, 3.63) is 142 Å². The summed E-state index contributed by atoms with van der Waals surface area (Å²) in [6.45, 7) is 11.3. The molecule has 0 saturated heterocycles. The van der Waals surface area contributed by atoms with E-state index in [1.807, 2.05) is 0 Å². The number of halogens is 2. The van der Waals surface area contributed by atoms with Gasteiger partial charge in [0, 0.05) is 0 Å². The fourth-order valence-electron chi connectivity index (χ4n) is 5.69. The number of fused-ring (bicyclic) bond motifs is 3. The minimum absolute atomic E-state index is 0. The second-order valence-corrected chi connectivity index (χ2v) is 11.4. The van der Waals surface area contributed by atoms with Crippen LogP contribution in [-0.2, 0) is 24.2 Å². The van der Waals surface area contributed by atoms with Crippen LogP contribution in [0.3, 0.4) is 0 Å². The quantitative estimate of drug-likeness (QED) is 0.269. The molecule has 39 heavy (non-hydrogen) atoms. The zero-order valence-electron chi connectivity index (χ0n) is 23.2. The number of benzene rings is 4. The average molecular weight is 628 g/mol. The summed E-state index contributed by atoms with van der Waals surface area (Å²) >= 11 is 1.46. The molecule has 0 amide bonds. The van der Waals surface area contributed by atoms with Crippen molar-refractivity contribution in [3.8, 4) is 0 Å². The van der Waals surface area contributed by atoms with Crippen LogP contribution in [0, 0.1) is 34.6 Å². The summed E-state index contributed by atoms with van der Waals surface area (Å²) in [6, 6.07) is 28.2. The van der Waals surface area contributed by atoms with Crippen LogP contribution in [0.4, 0.5) is 0 Å². The second kappa shape index (κ2) is 13.3. The Bertz CT molecular complexity index is 1650. The van der Waals surface area contributed by atoms with Crippen LogP contribution in [0.5, 0.6) is 0 Å². The number of aryl methyl sites for hydroxylation is 3. The Morgan fingerprint density at radius 2 is 1.31 bits per heavy atom. The Hall–Kier alpha value is -2.44. The van der Waals surface area contributed by atoms with Crippen LogP contribution in [-0.4, -0.2) is 3.21 Å². The predicted molar refractivity (Wildman–Crippen MR) is 159 cm³/mol. The van der Waals surface area contributed by atoms with E-state index in [4.69, 9.17) is 0 Å². The van der Waals surface area contributed by atoms with E-state index in [2.05, 4.69) is 132 Å². The van der Waals surface area contributed by atoms with Gasteiger partial charge in [0.2, 0.25) is 0 Å². The van der Waals surface area contributed by atoms with Crippen molar-refractivity contribution in [2.45, 2.75) is 41.0 Å². The zero-order valence-corrected chi connectivity index (χ0v) is 27.2. The first kappa shape index (κ1) is 31.1. The van der Waals surface area contributed by atoms with Gasteiger partial charge in [-0.05, 0) is 41.0 Å². The van der Waals surface area contributed by atoms with E-state index >= 15 is 0 Å². The van der Waals surface area contributed by atoms with Crippen LogP contribution in [0.1, 0.15) is 50.9 Å². The van der Waals surface area contributed by atoms with Crippen molar-refractivity contribution in [3.63, 3.8) is 0 Å². The summed E-state index contributed by atoms with van der Waals surface area (Å²) in [5.41, 5.74) is 12.6. The summed E-state index contributed by atoms with van der Waals surface area (Å²) < 4.78 is 1.42. The van der Waals surface area contributed by atoms with Gasteiger partial charge in [-0.3, -0.25) is 0 Å². The van der Waals surface area contributed by atoms with Gasteiger partial charge in [-0.2, -0.15) is 0 Å². The molecule has 1 aliphatic rings. The van der Waals surface area contributed by atoms with Crippen LogP contribution in [0.25, 0.3) is 27.1 Å². The van der Waals surface area contributed by atoms with Crippen molar-refractivity contribution in [1.82, 2.24) is 0 Å². The van der Waals surface area contributed by atoms with Crippen LogP contribution in [0.15, 0.2) is 97.1 Å². The molecule has 6 rings (SSSR count). The fraction of sp³-hybridized carbons (Fsp3) is 0.167. The van der Waals surface area contributed by atoms with Crippen LogP contribution < -0.4 is 24.8 Å². The molecule has 0 nitrogen and oxygen atoms in total. The molecule has 3 heteroatoms.